The third-order valence-corrected chi connectivity index (χ3v) is 2.60. The van der Waals surface area contributed by atoms with Crippen molar-refractivity contribution in [3.63, 3.8) is 0 Å². The highest BCUT2D eigenvalue weighted by molar-refractivity contribution is 5.21. The second-order valence-corrected chi connectivity index (χ2v) is 5.95. The van der Waals surface area contributed by atoms with Crippen LogP contribution in [-0.4, -0.2) is 23.7 Å². The lowest BCUT2D eigenvalue weighted by molar-refractivity contribution is 0.297. The van der Waals surface area contributed by atoms with E-state index in [2.05, 4.69) is 44.9 Å². The Balaban J connectivity index is 2.23. The van der Waals surface area contributed by atoms with Crippen LogP contribution in [0.3, 0.4) is 0 Å². The molecular formula is C15H26N2O. The summed E-state index contributed by atoms with van der Waals surface area (Å²) in [5.74, 6) is 1.32. The molecule has 3 heteroatoms. The first-order valence-corrected chi connectivity index (χ1v) is 6.72. The molecule has 3 nitrogen and oxygen atoms in total. The zero-order chi connectivity index (χ0) is 13.6. The molecule has 0 atom stereocenters. The average Bonchev–Trinajstić information content (AvgIpc) is 2.27. The van der Waals surface area contributed by atoms with Gasteiger partial charge in [0.2, 0.25) is 0 Å². The molecule has 1 heterocycles. The van der Waals surface area contributed by atoms with Crippen molar-refractivity contribution in [2.45, 2.75) is 52.5 Å². The lowest BCUT2D eigenvalue weighted by Crippen LogP contribution is -2.36. The summed E-state index contributed by atoms with van der Waals surface area (Å²) in [7, 11) is 0. The fourth-order valence-corrected chi connectivity index (χ4v) is 1.54. The van der Waals surface area contributed by atoms with Crippen LogP contribution in [0, 0.1) is 0 Å². The Hall–Kier alpha value is -1.09. The first-order valence-electron chi connectivity index (χ1n) is 6.72. The van der Waals surface area contributed by atoms with Gasteiger partial charge in [-0.2, -0.15) is 0 Å². The number of pyridine rings is 1. The van der Waals surface area contributed by atoms with Crippen LogP contribution in [0.4, 0.5) is 0 Å². The van der Waals surface area contributed by atoms with Crippen molar-refractivity contribution < 1.29 is 4.74 Å². The van der Waals surface area contributed by atoms with Crippen molar-refractivity contribution >= 4 is 0 Å². The van der Waals surface area contributed by atoms with Crippen molar-refractivity contribution in [3.05, 3.63) is 24.0 Å². The van der Waals surface area contributed by atoms with Gasteiger partial charge in [-0.15, -0.1) is 0 Å². The molecule has 0 aliphatic heterocycles. The minimum Gasteiger partial charge on any atom is -0.492 e. The SMILES string of the molecule is CC(C)c1ccc(OCCCNC(C)(C)C)cn1. The molecule has 0 bridgehead atoms. The number of hydrogen-bond donors (Lipinski definition) is 1. The van der Waals surface area contributed by atoms with Gasteiger partial charge in [0.25, 0.3) is 0 Å². The fraction of sp³-hybridized carbons (Fsp3) is 0.667. The van der Waals surface area contributed by atoms with E-state index in [1.54, 1.807) is 0 Å². The topological polar surface area (TPSA) is 34.1 Å². The van der Waals surface area contributed by atoms with Crippen LogP contribution in [0.5, 0.6) is 5.75 Å². The third-order valence-electron chi connectivity index (χ3n) is 2.60. The average molecular weight is 250 g/mol. The number of nitrogens with one attached hydrogen (secondary N) is 1. The summed E-state index contributed by atoms with van der Waals surface area (Å²) < 4.78 is 5.65. The predicted octanol–water partition coefficient (Wildman–Crippen LogP) is 3.36. The molecular weight excluding hydrogens is 224 g/mol. The second kappa shape index (κ2) is 6.74. The Morgan fingerprint density at radius 2 is 2.00 bits per heavy atom. The van der Waals surface area contributed by atoms with Crippen LogP contribution in [0.2, 0.25) is 0 Å². The summed E-state index contributed by atoms with van der Waals surface area (Å²) >= 11 is 0. The number of hydrogen-bond acceptors (Lipinski definition) is 3. The van der Waals surface area contributed by atoms with Gasteiger partial charge >= 0.3 is 0 Å². The van der Waals surface area contributed by atoms with Gasteiger partial charge in [-0.05, 0) is 51.8 Å². The summed E-state index contributed by atoms with van der Waals surface area (Å²) in [4.78, 5) is 4.38. The number of rotatable bonds is 6. The molecule has 0 saturated carbocycles. The Morgan fingerprint density at radius 1 is 1.28 bits per heavy atom. The van der Waals surface area contributed by atoms with E-state index in [1.165, 1.54) is 0 Å². The van der Waals surface area contributed by atoms with Crippen molar-refractivity contribution in [2.24, 2.45) is 0 Å². The maximum Gasteiger partial charge on any atom is 0.137 e. The van der Waals surface area contributed by atoms with Crippen molar-refractivity contribution in [1.29, 1.82) is 0 Å². The van der Waals surface area contributed by atoms with Crippen LogP contribution >= 0.6 is 0 Å². The maximum absolute atomic E-state index is 5.65. The highest BCUT2D eigenvalue weighted by Gasteiger charge is 2.07. The lowest BCUT2D eigenvalue weighted by Gasteiger charge is -2.20. The molecule has 1 aromatic rings. The molecule has 18 heavy (non-hydrogen) atoms. The van der Waals surface area contributed by atoms with Gasteiger partial charge in [0.05, 0.1) is 12.8 Å². The van der Waals surface area contributed by atoms with E-state index in [4.69, 9.17) is 4.74 Å². The van der Waals surface area contributed by atoms with E-state index in [0.29, 0.717) is 5.92 Å². The van der Waals surface area contributed by atoms with Crippen molar-refractivity contribution in [3.8, 4) is 5.75 Å². The zero-order valence-corrected chi connectivity index (χ0v) is 12.3. The lowest BCUT2D eigenvalue weighted by atomic mass is 10.1. The van der Waals surface area contributed by atoms with E-state index >= 15 is 0 Å². The monoisotopic (exact) mass is 250 g/mol. The predicted molar refractivity (Wildman–Crippen MR) is 76.2 cm³/mol. The van der Waals surface area contributed by atoms with Gasteiger partial charge in [-0.25, -0.2) is 0 Å². The maximum atomic E-state index is 5.65. The van der Waals surface area contributed by atoms with Gasteiger partial charge in [-0.1, -0.05) is 13.8 Å². The molecule has 0 aliphatic rings. The summed E-state index contributed by atoms with van der Waals surface area (Å²) in [6.07, 6.45) is 2.82. The van der Waals surface area contributed by atoms with Gasteiger partial charge in [0.1, 0.15) is 5.75 Å². The number of nitrogens with zero attached hydrogens (tertiary/aromatic N) is 1. The summed E-state index contributed by atoms with van der Waals surface area (Å²) in [5.41, 5.74) is 1.29. The minimum absolute atomic E-state index is 0.181. The Kier molecular flexibility index (Phi) is 5.60. The van der Waals surface area contributed by atoms with Gasteiger partial charge in [0, 0.05) is 11.2 Å². The summed E-state index contributed by atoms with van der Waals surface area (Å²) in [6.45, 7) is 12.5. The molecule has 0 aliphatic carbocycles. The van der Waals surface area contributed by atoms with Crippen LogP contribution < -0.4 is 10.1 Å². The van der Waals surface area contributed by atoms with Crippen LogP contribution in [-0.2, 0) is 0 Å². The van der Waals surface area contributed by atoms with E-state index in [-0.39, 0.29) is 5.54 Å². The van der Waals surface area contributed by atoms with Crippen molar-refractivity contribution in [1.82, 2.24) is 10.3 Å². The van der Waals surface area contributed by atoms with Crippen LogP contribution in [0.15, 0.2) is 18.3 Å². The molecule has 1 aromatic heterocycles. The summed E-state index contributed by atoms with van der Waals surface area (Å²) in [5, 5.41) is 3.44. The Bertz CT molecular complexity index is 339. The molecule has 1 N–H and O–H groups in total. The molecule has 0 spiro atoms. The van der Waals surface area contributed by atoms with E-state index in [0.717, 1.165) is 31.0 Å². The minimum atomic E-state index is 0.181. The quantitative estimate of drug-likeness (QED) is 0.786. The Morgan fingerprint density at radius 3 is 2.50 bits per heavy atom. The van der Waals surface area contributed by atoms with E-state index in [9.17, 15) is 0 Å². The highest BCUT2D eigenvalue weighted by atomic mass is 16.5. The molecule has 0 unspecified atom stereocenters. The van der Waals surface area contributed by atoms with E-state index in [1.807, 2.05) is 18.3 Å². The molecule has 0 radical (unpaired) electrons. The largest absolute Gasteiger partial charge is 0.492 e. The molecule has 0 amide bonds. The molecule has 0 aromatic carbocycles. The second-order valence-electron chi connectivity index (χ2n) is 5.95. The van der Waals surface area contributed by atoms with Gasteiger partial charge < -0.3 is 10.1 Å². The van der Waals surface area contributed by atoms with Gasteiger partial charge in [-0.3, -0.25) is 4.98 Å². The molecule has 102 valence electrons. The third kappa shape index (κ3) is 6.01. The zero-order valence-electron chi connectivity index (χ0n) is 12.3. The smallest absolute Gasteiger partial charge is 0.137 e. The first-order chi connectivity index (χ1) is 8.38. The van der Waals surface area contributed by atoms with Crippen LogP contribution in [0.1, 0.15) is 52.7 Å². The number of ether oxygens (including phenoxy) is 1. The Labute approximate surface area is 111 Å². The standard InChI is InChI=1S/C15H26N2O/c1-12(2)14-8-7-13(11-16-14)18-10-6-9-17-15(3,4)5/h7-8,11-12,17H,6,9-10H2,1-5H3. The highest BCUT2D eigenvalue weighted by Crippen LogP contribution is 2.15. The first kappa shape index (κ1) is 15.0. The molecule has 0 saturated heterocycles. The van der Waals surface area contributed by atoms with Crippen molar-refractivity contribution in [2.75, 3.05) is 13.2 Å². The van der Waals surface area contributed by atoms with E-state index < -0.39 is 0 Å². The number of aromatic nitrogens is 1. The molecule has 0 fully saturated rings. The van der Waals surface area contributed by atoms with Crippen LogP contribution in [0.25, 0.3) is 0 Å². The molecule has 1 rings (SSSR count). The van der Waals surface area contributed by atoms with Gasteiger partial charge in [0.15, 0.2) is 0 Å². The fourth-order valence-electron chi connectivity index (χ4n) is 1.54. The normalized spacial score (nSPS) is 11.9. The summed E-state index contributed by atoms with van der Waals surface area (Å²) in [6, 6.07) is 4.03.